The van der Waals surface area contributed by atoms with Gasteiger partial charge in [0.2, 0.25) is 5.95 Å². The summed E-state index contributed by atoms with van der Waals surface area (Å²) in [6.45, 7) is 0. The van der Waals surface area contributed by atoms with E-state index in [2.05, 4.69) is 25.8 Å². The molecule has 3 rings (SSSR count). The third-order valence-corrected chi connectivity index (χ3v) is 4.21. The van der Waals surface area contributed by atoms with E-state index >= 15 is 0 Å². The van der Waals surface area contributed by atoms with E-state index < -0.39 is 11.7 Å². The molecule has 1 aromatic carbocycles. The SMILES string of the molecule is FC(F)(F)c1cccc(Nc2cnnc(NC3CCCCCC3)n2)c1. The average Bonchev–Trinajstić information content (AvgIpc) is 2.83. The zero-order chi connectivity index (χ0) is 17.7. The van der Waals surface area contributed by atoms with Gasteiger partial charge in [0.05, 0.1) is 11.8 Å². The summed E-state index contributed by atoms with van der Waals surface area (Å²) >= 11 is 0. The van der Waals surface area contributed by atoms with Gasteiger partial charge in [-0.1, -0.05) is 31.7 Å². The summed E-state index contributed by atoms with van der Waals surface area (Å²) in [6.07, 6.45) is 3.97. The normalized spacial score (nSPS) is 16.3. The van der Waals surface area contributed by atoms with Crippen molar-refractivity contribution in [1.29, 1.82) is 0 Å². The van der Waals surface area contributed by atoms with Crippen LogP contribution in [0.2, 0.25) is 0 Å². The zero-order valence-electron chi connectivity index (χ0n) is 13.7. The van der Waals surface area contributed by atoms with Crippen molar-refractivity contribution in [2.24, 2.45) is 0 Å². The Morgan fingerprint density at radius 3 is 2.52 bits per heavy atom. The molecular weight excluding hydrogens is 331 g/mol. The van der Waals surface area contributed by atoms with Gasteiger partial charge >= 0.3 is 6.18 Å². The van der Waals surface area contributed by atoms with Crippen LogP contribution in [0.4, 0.5) is 30.6 Å². The first kappa shape index (κ1) is 17.4. The van der Waals surface area contributed by atoms with Crippen molar-refractivity contribution in [3.05, 3.63) is 36.0 Å². The summed E-state index contributed by atoms with van der Waals surface area (Å²) in [5, 5.41) is 14.0. The number of nitrogens with one attached hydrogen (secondary N) is 2. The first-order valence-electron chi connectivity index (χ1n) is 8.41. The Hall–Kier alpha value is -2.38. The highest BCUT2D eigenvalue weighted by atomic mass is 19.4. The van der Waals surface area contributed by atoms with Crippen LogP contribution in [-0.4, -0.2) is 21.2 Å². The molecule has 0 amide bonds. The summed E-state index contributed by atoms with van der Waals surface area (Å²) < 4.78 is 38.4. The molecule has 0 spiro atoms. The van der Waals surface area contributed by atoms with E-state index in [1.54, 1.807) is 6.07 Å². The van der Waals surface area contributed by atoms with Gasteiger partial charge in [-0.05, 0) is 31.0 Å². The van der Waals surface area contributed by atoms with Crippen molar-refractivity contribution in [3.63, 3.8) is 0 Å². The maximum Gasteiger partial charge on any atom is 0.416 e. The number of halogens is 3. The van der Waals surface area contributed by atoms with Crippen molar-refractivity contribution in [2.45, 2.75) is 50.7 Å². The number of aromatic nitrogens is 3. The lowest BCUT2D eigenvalue weighted by molar-refractivity contribution is -0.137. The second-order valence-electron chi connectivity index (χ2n) is 6.20. The van der Waals surface area contributed by atoms with Crippen molar-refractivity contribution in [3.8, 4) is 0 Å². The fourth-order valence-corrected chi connectivity index (χ4v) is 2.95. The van der Waals surface area contributed by atoms with Gasteiger partial charge in [0.15, 0.2) is 5.82 Å². The van der Waals surface area contributed by atoms with Crippen LogP contribution in [-0.2, 0) is 6.18 Å². The Morgan fingerprint density at radius 1 is 1.04 bits per heavy atom. The molecule has 1 aromatic heterocycles. The van der Waals surface area contributed by atoms with Crippen molar-refractivity contribution < 1.29 is 13.2 Å². The molecule has 0 bridgehead atoms. The van der Waals surface area contributed by atoms with E-state index in [0.717, 1.165) is 25.0 Å². The minimum Gasteiger partial charge on any atom is -0.350 e. The van der Waals surface area contributed by atoms with Gasteiger partial charge in [0.25, 0.3) is 0 Å². The molecule has 1 aliphatic carbocycles. The fraction of sp³-hybridized carbons (Fsp3) is 0.471. The first-order valence-corrected chi connectivity index (χ1v) is 8.41. The zero-order valence-corrected chi connectivity index (χ0v) is 13.7. The number of nitrogens with zero attached hydrogens (tertiary/aromatic N) is 3. The van der Waals surface area contributed by atoms with E-state index in [1.165, 1.54) is 37.9 Å². The molecule has 0 aliphatic heterocycles. The number of hydrogen-bond donors (Lipinski definition) is 2. The Balaban J connectivity index is 1.69. The smallest absolute Gasteiger partial charge is 0.350 e. The molecule has 8 heteroatoms. The minimum absolute atomic E-state index is 0.302. The topological polar surface area (TPSA) is 62.7 Å². The van der Waals surface area contributed by atoms with E-state index in [9.17, 15) is 13.2 Å². The summed E-state index contributed by atoms with van der Waals surface area (Å²) in [5.41, 5.74) is -0.410. The van der Waals surface area contributed by atoms with Crippen LogP contribution in [0.15, 0.2) is 30.5 Å². The lowest BCUT2D eigenvalue weighted by Gasteiger charge is -2.16. The van der Waals surface area contributed by atoms with E-state index in [0.29, 0.717) is 23.5 Å². The Bertz CT molecular complexity index is 697. The lowest BCUT2D eigenvalue weighted by Crippen LogP contribution is -2.20. The highest BCUT2D eigenvalue weighted by Gasteiger charge is 2.30. The summed E-state index contributed by atoms with van der Waals surface area (Å²) in [4.78, 5) is 4.31. The van der Waals surface area contributed by atoms with Gasteiger partial charge in [-0.15, -0.1) is 5.10 Å². The van der Waals surface area contributed by atoms with Crippen LogP contribution in [0.5, 0.6) is 0 Å². The van der Waals surface area contributed by atoms with Gasteiger partial charge in [-0.3, -0.25) is 0 Å². The largest absolute Gasteiger partial charge is 0.416 e. The molecule has 5 nitrogen and oxygen atoms in total. The molecule has 1 fully saturated rings. The lowest BCUT2D eigenvalue weighted by atomic mass is 10.1. The summed E-state index contributed by atoms with van der Waals surface area (Å²) in [6, 6.07) is 5.29. The number of alkyl halides is 3. The molecule has 2 aromatic rings. The average molecular weight is 351 g/mol. The highest BCUT2D eigenvalue weighted by Crippen LogP contribution is 2.31. The van der Waals surface area contributed by atoms with Crippen molar-refractivity contribution >= 4 is 17.5 Å². The van der Waals surface area contributed by atoms with Crippen molar-refractivity contribution in [1.82, 2.24) is 15.2 Å². The highest BCUT2D eigenvalue weighted by molar-refractivity contribution is 5.57. The van der Waals surface area contributed by atoms with E-state index in [1.807, 2.05) is 0 Å². The van der Waals surface area contributed by atoms with Gasteiger partial charge in [-0.25, -0.2) is 0 Å². The number of anilines is 3. The van der Waals surface area contributed by atoms with Gasteiger partial charge in [0.1, 0.15) is 0 Å². The van der Waals surface area contributed by atoms with Crippen LogP contribution >= 0.6 is 0 Å². The maximum absolute atomic E-state index is 12.8. The summed E-state index contributed by atoms with van der Waals surface area (Å²) in [5.74, 6) is 0.745. The predicted octanol–water partition coefficient (Wildman–Crippen LogP) is 4.77. The number of benzene rings is 1. The molecule has 2 N–H and O–H groups in total. The number of rotatable bonds is 4. The van der Waals surface area contributed by atoms with E-state index in [4.69, 9.17) is 0 Å². The van der Waals surface area contributed by atoms with Crippen molar-refractivity contribution in [2.75, 3.05) is 10.6 Å². The van der Waals surface area contributed by atoms with E-state index in [-0.39, 0.29) is 0 Å². The monoisotopic (exact) mass is 351 g/mol. The molecular formula is C17H20F3N5. The Kier molecular flexibility index (Phi) is 5.35. The quantitative estimate of drug-likeness (QED) is 0.777. The van der Waals surface area contributed by atoms with Crippen LogP contribution < -0.4 is 10.6 Å². The molecule has 0 unspecified atom stereocenters. The molecule has 0 radical (unpaired) electrons. The summed E-state index contributed by atoms with van der Waals surface area (Å²) in [7, 11) is 0. The molecule has 0 atom stereocenters. The second-order valence-corrected chi connectivity index (χ2v) is 6.20. The predicted molar refractivity (Wildman–Crippen MR) is 89.7 cm³/mol. The number of hydrogen-bond acceptors (Lipinski definition) is 5. The molecule has 134 valence electrons. The third kappa shape index (κ3) is 5.04. The maximum atomic E-state index is 12.8. The van der Waals surface area contributed by atoms with Gasteiger partial charge in [0, 0.05) is 11.7 Å². The van der Waals surface area contributed by atoms with Crippen LogP contribution in [0, 0.1) is 0 Å². The molecule has 1 heterocycles. The molecule has 0 saturated heterocycles. The third-order valence-electron chi connectivity index (χ3n) is 4.21. The van der Waals surface area contributed by atoms with Crippen LogP contribution in [0.1, 0.15) is 44.1 Å². The van der Waals surface area contributed by atoms with Gasteiger partial charge < -0.3 is 10.6 Å². The van der Waals surface area contributed by atoms with Crippen LogP contribution in [0.3, 0.4) is 0 Å². The Labute approximate surface area is 144 Å². The Morgan fingerprint density at radius 2 is 1.80 bits per heavy atom. The molecule has 1 aliphatic rings. The van der Waals surface area contributed by atoms with Crippen LogP contribution in [0.25, 0.3) is 0 Å². The van der Waals surface area contributed by atoms with Gasteiger partial charge in [-0.2, -0.15) is 23.3 Å². The second kappa shape index (κ2) is 7.67. The standard InChI is InChI=1S/C17H20F3N5/c18-17(19,20)12-6-5-9-14(10-12)22-15-11-21-25-16(24-15)23-13-7-3-1-2-4-8-13/h5-6,9-11,13H,1-4,7-8H2,(H2,22,23,24,25). The first-order chi connectivity index (χ1) is 12.0. The molecule has 25 heavy (non-hydrogen) atoms. The molecule has 1 saturated carbocycles. The minimum atomic E-state index is -4.38. The fourth-order valence-electron chi connectivity index (χ4n) is 2.95.